The van der Waals surface area contributed by atoms with E-state index in [1.165, 1.54) is 0 Å². The van der Waals surface area contributed by atoms with Crippen LogP contribution in [-0.2, 0) is 9.47 Å². The molecule has 0 radical (unpaired) electrons. The predicted molar refractivity (Wildman–Crippen MR) is 75.8 cm³/mol. The number of hydrogen-bond donors (Lipinski definition) is 2. The number of carbonyl (C=O) groups excluding carboxylic acids is 1. The van der Waals surface area contributed by atoms with Gasteiger partial charge in [0.25, 0.3) is 0 Å². The van der Waals surface area contributed by atoms with Gasteiger partial charge in [-0.2, -0.15) is 0 Å². The average Bonchev–Trinajstić information content (AvgIpc) is 2.48. The maximum Gasteiger partial charge on any atom is 0.340 e. The topological polar surface area (TPSA) is 85.0 Å². The minimum atomic E-state index is -0.430. The monoisotopic (exact) mass is 280 g/mol. The molecule has 3 N–H and O–H groups in total. The van der Waals surface area contributed by atoms with Gasteiger partial charge in [-0.1, -0.05) is 0 Å². The SMILES string of the molecule is CCOC(=O)c1cc(N2CCOCC2CO)ccc1N. The van der Waals surface area contributed by atoms with Crippen LogP contribution >= 0.6 is 0 Å². The van der Waals surface area contributed by atoms with Gasteiger partial charge in [0.2, 0.25) is 0 Å². The maximum atomic E-state index is 11.9. The number of nitrogens with two attached hydrogens (primary N) is 1. The first kappa shape index (κ1) is 14.6. The molecule has 6 heteroatoms. The third-order valence-corrected chi connectivity index (χ3v) is 3.30. The summed E-state index contributed by atoms with van der Waals surface area (Å²) >= 11 is 0. The van der Waals surface area contributed by atoms with Gasteiger partial charge in [-0.05, 0) is 25.1 Å². The number of rotatable bonds is 4. The molecule has 0 aromatic heterocycles. The summed E-state index contributed by atoms with van der Waals surface area (Å²) in [6.45, 7) is 3.78. The highest BCUT2D eigenvalue weighted by atomic mass is 16.5. The third-order valence-electron chi connectivity index (χ3n) is 3.30. The number of aliphatic hydroxyl groups excluding tert-OH is 1. The van der Waals surface area contributed by atoms with Crippen molar-refractivity contribution >= 4 is 17.3 Å². The molecule has 2 rings (SSSR count). The zero-order chi connectivity index (χ0) is 14.5. The zero-order valence-electron chi connectivity index (χ0n) is 11.5. The summed E-state index contributed by atoms with van der Waals surface area (Å²) in [4.78, 5) is 13.9. The Labute approximate surface area is 118 Å². The molecule has 6 nitrogen and oxygen atoms in total. The molecule has 1 atom stereocenters. The first-order chi connectivity index (χ1) is 9.67. The molecule has 1 heterocycles. The van der Waals surface area contributed by atoms with E-state index in [1.807, 2.05) is 11.0 Å². The molecule has 1 aliphatic rings. The number of nitrogens with zero attached hydrogens (tertiary/aromatic N) is 1. The van der Waals surface area contributed by atoms with E-state index in [4.69, 9.17) is 15.2 Å². The molecule has 1 unspecified atom stereocenters. The molecule has 0 aliphatic carbocycles. The lowest BCUT2D eigenvalue weighted by Crippen LogP contribution is -2.47. The van der Waals surface area contributed by atoms with Gasteiger partial charge in [-0.3, -0.25) is 0 Å². The highest BCUT2D eigenvalue weighted by molar-refractivity contribution is 5.96. The summed E-state index contributed by atoms with van der Waals surface area (Å²) in [6.07, 6.45) is 0. The predicted octanol–water partition coefficient (Wildman–Crippen LogP) is 0.643. The maximum absolute atomic E-state index is 11.9. The second-order valence-electron chi connectivity index (χ2n) is 4.60. The molecule has 1 aromatic rings. The highest BCUT2D eigenvalue weighted by Gasteiger charge is 2.24. The average molecular weight is 280 g/mol. The lowest BCUT2D eigenvalue weighted by Gasteiger charge is -2.36. The van der Waals surface area contributed by atoms with E-state index in [0.717, 1.165) is 5.69 Å². The van der Waals surface area contributed by atoms with Crippen LogP contribution in [0.3, 0.4) is 0 Å². The van der Waals surface area contributed by atoms with Crippen LogP contribution in [0.1, 0.15) is 17.3 Å². The lowest BCUT2D eigenvalue weighted by molar-refractivity contribution is 0.0527. The number of carbonyl (C=O) groups is 1. The fourth-order valence-electron chi connectivity index (χ4n) is 2.25. The van der Waals surface area contributed by atoms with Crippen LogP contribution in [0.15, 0.2) is 18.2 Å². The second-order valence-corrected chi connectivity index (χ2v) is 4.60. The van der Waals surface area contributed by atoms with Gasteiger partial charge in [0.05, 0.1) is 38.0 Å². The molecule has 1 aliphatic heterocycles. The van der Waals surface area contributed by atoms with Crippen molar-refractivity contribution in [1.29, 1.82) is 0 Å². The quantitative estimate of drug-likeness (QED) is 0.622. The van der Waals surface area contributed by atoms with Crippen molar-refractivity contribution in [2.24, 2.45) is 0 Å². The van der Waals surface area contributed by atoms with E-state index < -0.39 is 5.97 Å². The van der Waals surface area contributed by atoms with Crippen molar-refractivity contribution in [3.8, 4) is 0 Å². The van der Waals surface area contributed by atoms with E-state index in [2.05, 4.69) is 0 Å². The van der Waals surface area contributed by atoms with Gasteiger partial charge in [0, 0.05) is 17.9 Å². The smallest absolute Gasteiger partial charge is 0.340 e. The fraction of sp³-hybridized carbons (Fsp3) is 0.500. The Morgan fingerprint density at radius 2 is 2.40 bits per heavy atom. The van der Waals surface area contributed by atoms with Crippen molar-refractivity contribution in [3.63, 3.8) is 0 Å². The molecule has 1 aromatic carbocycles. The van der Waals surface area contributed by atoms with Gasteiger partial charge in [0.15, 0.2) is 0 Å². The number of morpholine rings is 1. The Kier molecular flexibility index (Phi) is 4.81. The van der Waals surface area contributed by atoms with E-state index >= 15 is 0 Å². The van der Waals surface area contributed by atoms with E-state index in [0.29, 0.717) is 37.6 Å². The molecular formula is C14H20N2O4. The molecule has 0 saturated carbocycles. The van der Waals surface area contributed by atoms with Crippen molar-refractivity contribution in [3.05, 3.63) is 23.8 Å². The van der Waals surface area contributed by atoms with Crippen molar-refractivity contribution in [2.45, 2.75) is 13.0 Å². The van der Waals surface area contributed by atoms with Crippen LogP contribution in [0.2, 0.25) is 0 Å². The lowest BCUT2D eigenvalue weighted by atomic mass is 10.1. The van der Waals surface area contributed by atoms with Gasteiger partial charge in [-0.25, -0.2) is 4.79 Å². The second kappa shape index (κ2) is 6.58. The Bertz CT molecular complexity index is 478. The summed E-state index contributed by atoms with van der Waals surface area (Å²) in [5.74, 6) is -0.430. The largest absolute Gasteiger partial charge is 0.462 e. The first-order valence-electron chi connectivity index (χ1n) is 6.69. The number of aliphatic hydroxyl groups is 1. The summed E-state index contributed by atoms with van der Waals surface area (Å²) in [6, 6.07) is 5.13. The Morgan fingerprint density at radius 1 is 1.60 bits per heavy atom. The van der Waals surface area contributed by atoms with Crippen LogP contribution in [0.4, 0.5) is 11.4 Å². The van der Waals surface area contributed by atoms with E-state index in [1.54, 1.807) is 19.1 Å². The molecule has 0 amide bonds. The summed E-state index contributed by atoms with van der Waals surface area (Å²) in [5, 5.41) is 9.40. The standard InChI is InChI=1S/C14H20N2O4/c1-2-20-14(18)12-7-10(3-4-13(12)15)16-5-6-19-9-11(16)8-17/h3-4,7,11,17H,2,5-6,8-9,15H2,1H3. The molecule has 0 spiro atoms. The van der Waals surface area contributed by atoms with Gasteiger partial charge in [0.1, 0.15) is 0 Å². The molecule has 0 bridgehead atoms. The Morgan fingerprint density at radius 3 is 3.10 bits per heavy atom. The molecular weight excluding hydrogens is 260 g/mol. The molecule has 20 heavy (non-hydrogen) atoms. The Hall–Kier alpha value is -1.79. The Balaban J connectivity index is 2.28. The number of nitrogen functional groups attached to an aromatic ring is 1. The van der Waals surface area contributed by atoms with Crippen LogP contribution in [0.25, 0.3) is 0 Å². The van der Waals surface area contributed by atoms with Gasteiger partial charge < -0.3 is 25.2 Å². The summed E-state index contributed by atoms with van der Waals surface area (Å²) in [7, 11) is 0. The molecule has 110 valence electrons. The van der Waals surface area contributed by atoms with E-state index in [-0.39, 0.29) is 12.6 Å². The molecule has 1 fully saturated rings. The van der Waals surface area contributed by atoms with Gasteiger partial charge in [-0.15, -0.1) is 0 Å². The third kappa shape index (κ3) is 3.02. The number of benzene rings is 1. The normalized spacial score (nSPS) is 18.9. The summed E-state index contributed by atoms with van der Waals surface area (Å²) in [5.41, 5.74) is 7.41. The minimum absolute atomic E-state index is 0.000877. The van der Waals surface area contributed by atoms with Gasteiger partial charge >= 0.3 is 5.97 Å². The molecule has 1 saturated heterocycles. The van der Waals surface area contributed by atoms with Crippen LogP contribution in [-0.4, -0.2) is 50.1 Å². The highest BCUT2D eigenvalue weighted by Crippen LogP contribution is 2.25. The first-order valence-corrected chi connectivity index (χ1v) is 6.69. The van der Waals surface area contributed by atoms with Crippen molar-refractivity contribution in [2.75, 3.05) is 43.6 Å². The summed E-state index contributed by atoms with van der Waals surface area (Å²) < 4.78 is 10.3. The minimum Gasteiger partial charge on any atom is -0.462 e. The fourth-order valence-corrected chi connectivity index (χ4v) is 2.25. The van der Waals surface area contributed by atoms with Crippen LogP contribution < -0.4 is 10.6 Å². The van der Waals surface area contributed by atoms with Crippen LogP contribution in [0, 0.1) is 0 Å². The van der Waals surface area contributed by atoms with Crippen molar-refractivity contribution < 1.29 is 19.4 Å². The van der Waals surface area contributed by atoms with Crippen LogP contribution in [0.5, 0.6) is 0 Å². The number of ether oxygens (including phenoxy) is 2. The number of hydrogen-bond acceptors (Lipinski definition) is 6. The number of anilines is 2. The van der Waals surface area contributed by atoms with E-state index in [9.17, 15) is 9.90 Å². The van der Waals surface area contributed by atoms with Crippen molar-refractivity contribution in [1.82, 2.24) is 0 Å². The number of esters is 1. The zero-order valence-corrected chi connectivity index (χ0v) is 11.5.